The van der Waals surface area contributed by atoms with E-state index < -0.39 is 0 Å². The Morgan fingerprint density at radius 1 is 1.33 bits per heavy atom. The van der Waals surface area contributed by atoms with E-state index in [0.717, 1.165) is 16.9 Å². The number of Topliss-reactive ketones (excluding diaryl/α,β-unsaturated/α-hetero) is 1. The van der Waals surface area contributed by atoms with E-state index in [2.05, 4.69) is 6.07 Å². The number of carbonyl (C=O) groups is 1. The van der Waals surface area contributed by atoms with E-state index in [1.54, 1.807) is 6.92 Å². The molecule has 1 aromatic carbocycles. The molecule has 0 aliphatic rings. The van der Waals surface area contributed by atoms with Crippen molar-refractivity contribution in [2.45, 2.75) is 33.8 Å². The molecule has 1 atom stereocenters. The smallest absolute Gasteiger partial charge is 0.169 e. The summed E-state index contributed by atoms with van der Waals surface area (Å²) in [7, 11) is 0. The Labute approximate surface area is 116 Å². The van der Waals surface area contributed by atoms with E-state index in [1.165, 1.54) is 6.92 Å². The van der Waals surface area contributed by atoms with Crippen LogP contribution in [0.2, 0.25) is 0 Å². The van der Waals surface area contributed by atoms with Gasteiger partial charge in [-0.3, -0.25) is 4.79 Å². The maximum absolute atomic E-state index is 11.0. The summed E-state index contributed by atoms with van der Waals surface area (Å²) in [6, 6.07) is 6.91. The number of carbonyl (C=O) groups excluding carboxylic acids is 1. The molecule has 1 radical (unpaired) electrons. The van der Waals surface area contributed by atoms with Gasteiger partial charge in [0.25, 0.3) is 0 Å². The maximum Gasteiger partial charge on any atom is 0.169 e. The molecule has 0 amide bonds. The van der Waals surface area contributed by atoms with Crippen molar-refractivity contribution in [2.75, 3.05) is 0 Å². The van der Waals surface area contributed by atoms with Crippen LogP contribution >= 0.6 is 0 Å². The molecular weight excluding hydrogens is 265 g/mol. The molecule has 0 aromatic heterocycles. The molecule has 15 heavy (non-hydrogen) atoms. The average Bonchev–Trinajstić information content (AvgIpc) is 2.01. The number of hydrogen-bond donors (Lipinski definition) is 0. The zero-order valence-corrected chi connectivity index (χ0v) is 12.5. The van der Waals surface area contributed by atoms with Crippen molar-refractivity contribution in [3.63, 3.8) is 0 Å². The van der Waals surface area contributed by atoms with Gasteiger partial charge in [-0.25, -0.2) is 0 Å². The van der Waals surface area contributed by atoms with Crippen molar-refractivity contribution in [2.24, 2.45) is 0 Å². The number of ketones is 1. The quantitative estimate of drug-likeness (QED) is 0.795. The minimum Gasteiger partial charge on any atom is -0.508 e. The number of benzene rings is 1. The molecule has 0 N–H and O–H groups in total. The van der Waals surface area contributed by atoms with E-state index in [0.29, 0.717) is 0 Å². The predicted octanol–water partition coefficient (Wildman–Crippen LogP) is 2.46. The fraction of sp³-hybridized carbons (Fsp3) is 0.417. The van der Waals surface area contributed by atoms with Crippen LogP contribution in [-0.2, 0) is 37.5 Å². The molecule has 1 aromatic rings. The summed E-state index contributed by atoms with van der Waals surface area (Å²) in [4.78, 5) is 11.0. The molecule has 0 saturated carbocycles. The third kappa shape index (κ3) is 4.90. The Hall–Kier alpha value is -0.206. The summed E-state index contributed by atoms with van der Waals surface area (Å²) in [5.74, 6) is 0.773. The van der Waals surface area contributed by atoms with E-state index in [9.17, 15) is 4.79 Å². The summed E-state index contributed by atoms with van der Waals surface area (Å²) in [6.07, 6.45) is -0.379. The van der Waals surface area contributed by atoms with E-state index in [1.807, 2.05) is 26.0 Å². The fourth-order valence-electron chi connectivity index (χ4n) is 1.21. The minimum absolute atomic E-state index is 0. The molecule has 3 heteroatoms. The molecule has 0 heterocycles. The van der Waals surface area contributed by atoms with E-state index in [-0.39, 0.29) is 44.6 Å². The van der Waals surface area contributed by atoms with E-state index >= 15 is 0 Å². The van der Waals surface area contributed by atoms with Crippen molar-refractivity contribution in [1.29, 1.82) is 0 Å². The summed E-state index contributed by atoms with van der Waals surface area (Å²) in [5.41, 5.74) is 2.05. The van der Waals surface area contributed by atoms with Crippen LogP contribution < -0.4 is 4.74 Å². The fourth-order valence-corrected chi connectivity index (χ4v) is 1.21. The van der Waals surface area contributed by atoms with E-state index in [4.69, 9.17) is 4.74 Å². The molecule has 0 aliphatic heterocycles. The standard InChI is InChI=1S/C12H15O2.Y/c1-8-5-9(2)7-12(6-8)14-11(4)10(3)13;/h6-7,11H,1-4H3;/q-1;. The summed E-state index contributed by atoms with van der Waals surface area (Å²) in [6.45, 7) is 7.19. The molecule has 0 spiro atoms. The summed E-state index contributed by atoms with van der Waals surface area (Å²) >= 11 is 0. The topological polar surface area (TPSA) is 26.3 Å². The molecule has 0 bridgehead atoms. The maximum atomic E-state index is 11.0. The summed E-state index contributed by atoms with van der Waals surface area (Å²) in [5, 5.41) is 0. The van der Waals surface area contributed by atoms with Gasteiger partial charge in [0.1, 0.15) is 0 Å². The predicted molar refractivity (Wildman–Crippen MR) is 55.5 cm³/mol. The molecule has 0 fully saturated rings. The van der Waals surface area contributed by atoms with Gasteiger partial charge in [-0.15, -0.1) is 12.1 Å². The second kappa shape index (κ2) is 6.39. The van der Waals surface area contributed by atoms with Crippen LogP contribution in [0.15, 0.2) is 12.1 Å². The first-order valence-electron chi connectivity index (χ1n) is 4.66. The van der Waals surface area contributed by atoms with Crippen LogP contribution in [0.25, 0.3) is 0 Å². The molecular formula is C12H15O2Y-. The molecule has 79 valence electrons. The first-order chi connectivity index (χ1) is 6.49. The van der Waals surface area contributed by atoms with Crippen LogP contribution in [0.1, 0.15) is 25.0 Å². The van der Waals surface area contributed by atoms with Gasteiger partial charge in [0.05, 0.1) is 0 Å². The number of hydrogen-bond acceptors (Lipinski definition) is 2. The van der Waals surface area contributed by atoms with Crippen LogP contribution in [0.3, 0.4) is 0 Å². The monoisotopic (exact) mass is 280 g/mol. The van der Waals surface area contributed by atoms with Gasteiger partial charge >= 0.3 is 0 Å². The molecule has 2 nitrogen and oxygen atoms in total. The first kappa shape index (κ1) is 14.8. The van der Waals surface area contributed by atoms with Gasteiger partial charge in [-0.05, 0) is 13.8 Å². The van der Waals surface area contributed by atoms with Crippen molar-refractivity contribution in [3.8, 4) is 5.75 Å². The first-order valence-corrected chi connectivity index (χ1v) is 4.66. The molecule has 0 saturated heterocycles. The Morgan fingerprint density at radius 2 is 1.80 bits per heavy atom. The van der Waals surface area contributed by atoms with Gasteiger partial charge in [0, 0.05) is 38.5 Å². The van der Waals surface area contributed by atoms with Gasteiger partial charge in [-0.2, -0.15) is 17.2 Å². The zero-order chi connectivity index (χ0) is 10.7. The average molecular weight is 280 g/mol. The summed E-state index contributed by atoms with van der Waals surface area (Å²) < 4.78 is 5.47. The third-order valence-corrected chi connectivity index (χ3v) is 2.00. The number of ether oxygens (including phenoxy) is 1. The Balaban J connectivity index is 0.00000196. The van der Waals surface area contributed by atoms with Crippen LogP contribution in [0.4, 0.5) is 0 Å². The van der Waals surface area contributed by atoms with Crippen LogP contribution in [0, 0.1) is 19.9 Å². The van der Waals surface area contributed by atoms with Gasteiger partial charge in [0.2, 0.25) is 0 Å². The number of rotatable bonds is 3. The van der Waals surface area contributed by atoms with Crippen molar-refractivity contribution >= 4 is 5.78 Å². The minimum atomic E-state index is -0.379. The largest absolute Gasteiger partial charge is 0.508 e. The third-order valence-electron chi connectivity index (χ3n) is 2.00. The normalized spacial score (nSPS) is 11.5. The van der Waals surface area contributed by atoms with Crippen LogP contribution in [0.5, 0.6) is 5.75 Å². The Morgan fingerprint density at radius 3 is 2.20 bits per heavy atom. The van der Waals surface area contributed by atoms with Crippen LogP contribution in [-0.4, -0.2) is 11.9 Å². The van der Waals surface area contributed by atoms with Gasteiger partial charge in [-0.1, -0.05) is 13.8 Å². The van der Waals surface area contributed by atoms with Gasteiger partial charge in [0.15, 0.2) is 11.9 Å². The SMILES string of the molecule is CC(=O)C(C)Oc1cc(C)[c-]c(C)c1.[Y]. The van der Waals surface area contributed by atoms with Crippen molar-refractivity contribution in [1.82, 2.24) is 0 Å². The molecule has 0 aliphatic carbocycles. The van der Waals surface area contributed by atoms with Crippen molar-refractivity contribution < 1.29 is 42.2 Å². The molecule has 1 rings (SSSR count). The Kier molecular flexibility index (Phi) is 6.30. The van der Waals surface area contributed by atoms with Crippen molar-refractivity contribution in [3.05, 3.63) is 29.3 Å². The number of aryl methyl sites for hydroxylation is 2. The molecule has 1 unspecified atom stereocenters. The van der Waals surface area contributed by atoms with Gasteiger partial charge < -0.3 is 4.74 Å². The zero-order valence-electron chi connectivity index (χ0n) is 9.63. The Bertz CT molecular complexity index is 327. The second-order valence-electron chi connectivity index (χ2n) is 3.55. The second-order valence-corrected chi connectivity index (χ2v) is 3.55.